The Morgan fingerprint density at radius 1 is 0.952 bits per heavy atom. The van der Waals surface area contributed by atoms with Gasteiger partial charge < -0.3 is 0 Å². The van der Waals surface area contributed by atoms with Crippen LogP contribution in [0.15, 0.2) is 30.9 Å². The molecule has 5 nitrogen and oxygen atoms in total. The summed E-state index contributed by atoms with van der Waals surface area (Å²) in [5.41, 5.74) is 4.50. The minimum atomic E-state index is 0.168. The molecule has 6 heteroatoms. The molecule has 3 aromatic rings. The van der Waals surface area contributed by atoms with Crippen molar-refractivity contribution >= 4 is 11.6 Å². The Bertz CT molecular complexity index is 796. The second-order valence-corrected chi connectivity index (χ2v) is 5.29. The molecule has 106 valence electrons. The smallest absolute Gasteiger partial charge is 0.239 e. The maximum atomic E-state index is 6.04. The molecule has 0 radical (unpaired) electrons. The van der Waals surface area contributed by atoms with Gasteiger partial charge in [-0.3, -0.25) is 4.57 Å². The Morgan fingerprint density at radius 2 is 1.71 bits per heavy atom. The van der Waals surface area contributed by atoms with Gasteiger partial charge in [0.05, 0.1) is 0 Å². The van der Waals surface area contributed by atoms with Crippen molar-refractivity contribution in [1.82, 2.24) is 24.5 Å². The van der Waals surface area contributed by atoms with Crippen molar-refractivity contribution in [2.75, 3.05) is 0 Å². The lowest BCUT2D eigenvalue weighted by atomic mass is 10.0. The number of nitrogens with zero attached hydrogens (tertiary/aromatic N) is 5. The lowest BCUT2D eigenvalue weighted by Crippen LogP contribution is -2.04. The van der Waals surface area contributed by atoms with Crippen molar-refractivity contribution in [1.29, 1.82) is 0 Å². The van der Waals surface area contributed by atoms with E-state index in [0.717, 1.165) is 11.1 Å². The molecule has 3 rings (SSSR count). The predicted molar refractivity (Wildman–Crippen MR) is 81.6 cm³/mol. The molecule has 2 aromatic heterocycles. The number of halogens is 1. The van der Waals surface area contributed by atoms with Crippen LogP contribution in [-0.4, -0.2) is 24.5 Å². The minimum absolute atomic E-state index is 0.168. The molecule has 0 aliphatic rings. The van der Waals surface area contributed by atoms with Crippen molar-refractivity contribution in [3.8, 4) is 17.3 Å². The molecule has 0 amide bonds. The summed E-state index contributed by atoms with van der Waals surface area (Å²) in [6.45, 7) is 6.19. The van der Waals surface area contributed by atoms with Crippen LogP contribution in [0.25, 0.3) is 17.3 Å². The summed E-state index contributed by atoms with van der Waals surface area (Å²) in [6.07, 6.45) is 5.06. The van der Waals surface area contributed by atoms with Crippen molar-refractivity contribution in [2.45, 2.75) is 20.8 Å². The molecule has 0 bridgehead atoms. The summed E-state index contributed by atoms with van der Waals surface area (Å²) in [5, 5.41) is 0.168. The van der Waals surface area contributed by atoms with Gasteiger partial charge in [-0.2, -0.15) is 15.0 Å². The van der Waals surface area contributed by atoms with Gasteiger partial charge >= 0.3 is 0 Å². The fourth-order valence-corrected chi connectivity index (χ4v) is 2.31. The Labute approximate surface area is 127 Å². The minimum Gasteiger partial charge on any atom is -0.274 e. The van der Waals surface area contributed by atoms with E-state index in [1.807, 2.05) is 6.92 Å². The van der Waals surface area contributed by atoms with E-state index in [0.29, 0.717) is 11.8 Å². The van der Waals surface area contributed by atoms with Gasteiger partial charge in [-0.05, 0) is 55.1 Å². The van der Waals surface area contributed by atoms with Crippen molar-refractivity contribution < 1.29 is 0 Å². The van der Waals surface area contributed by atoms with Gasteiger partial charge in [-0.1, -0.05) is 6.07 Å². The van der Waals surface area contributed by atoms with Crippen LogP contribution in [0.1, 0.15) is 16.7 Å². The van der Waals surface area contributed by atoms with E-state index in [4.69, 9.17) is 11.6 Å². The van der Waals surface area contributed by atoms with Crippen LogP contribution in [0.2, 0.25) is 5.28 Å². The van der Waals surface area contributed by atoms with E-state index in [1.165, 1.54) is 11.1 Å². The Balaban J connectivity index is 2.17. The third-order valence-corrected chi connectivity index (χ3v) is 3.58. The molecule has 2 heterocycles. The highest BCUT2D eigenvalue weighted by Crippen LogP contribution is 2.24. The molecule has 0 unspecified atom stereocenters. The maximum absolute atomic E-state index is 6.04. The van der Waals surface area contributed by atoms with E-state index in [9.17, 15) is 0 Å². The molecule has 0 spiro atoms. The van der Waals surface area contributed by atoms with Crippen LogP contribution in [0.5, 0.6) is 0 Å². The van der Waals surface area contributed by atoms with Crippen LogP contribution in [-0.2, 0) is 0 Å². The monoisotopic (exact) mass is 299 g/mol. The van der Waals surface area contributed by atoms with Crippen LogP contribution >= 0.6 is 11.6 Å². The van der Waals surface area contributed by atoms with Crippen LogP contribution in [0.4, 0.5) is 0 Å². The number of rotatable bonds is 2. The van der Waals surface area contributed by atoms with Gasteiger partial charge in [-0.15, -0.1) is 0 Å². The van der Waals surface area contributed by atoms with Crippen molar-refractivity contribution in [3.63, 3.8) is 0 Å². The molecule has 0 saturated carbocycles. The molecular formula is C15H14ClN5. The molecule has 0 atom stereocenters. The first kappa shape index (κ1) is 13.7. The Morgan fingerprint density at radius 3 is 2.43 bits per heavy atom. The number of imidazole rings is 1. The normalized spacial score (nSPS) is 10.9. The summed E-state index contributed by atoms with van der Waals surface area (Å²) in [5.74, 6) is 1.03. The lowest BCUT2D eigenvalue weighted by molar-refractivity contribution is 0.898. The summed E-state index contributed by atoms with van der Waals surface area (Å²) in [7, 11) is 0. The molecule has 21 heavy (non-hydrogen) atoms. The first-order valence-corrected chi connectivity index (χ1v) is 6.90. The highest BCUT2D eigenvalue weighted by atomic mass is 35.5. The molecule has 0 aliphatic heterocycles. The van der Waals surface area contributed by atoms with Crippen LogP contribution < -0.4 is 0 Å². The van der Waals surface area contributed by atoms with E-state index in [1.54, 1.807) is 23.3 Å². The van der Waals surface area contributed by atoms with E-state index < -0.39 is 0 Å². The van der Waals surface area contributed by atoms with Crippen LogP contribution in [0.3, 0.4) is 0 Å². The zero-order chi connectivity index (χ0) is 15.0. The number of benzene rings is 1. The summed E-state index contributed by atoms with van der Waals surface area (Å²) < 4.78 is 1.70. The molecule has 0 N–H and O–H groups in total. The zero-order valence-electron chi connectivity index (χ0n) is 12.0. The predicted octanol–water partition coefficient (Wildman–Crippen LogP) is 3.30. The molecule has 0 fully saturated rings. The van der Waals surface area contributed by atoms with Crippen LogP contribution in [0, 0.1) is 20.8 Å². The third-order valence-electron chi connectivity index (χ3n) is 3.41. The zero-order valence-corrected chi connectivity index (χ0v) is 12.8. The standard InChI is InChI=1S/C15H14ClN5/c1-9-6-11(3)12(7-10(9)2)13-18-14(16)20-15(19-13)21-5-4-17-8-21/h4-8H,1-3H3. The van der Waals surface area contributed by atoms with Gasteiger partial charge in [0.25, 0.3) is 0 Å². The van der Waals surface area contributed by atoms with Gasteiger partial charge in [0.1, 0.15) is 6.33 Å². The Kier molecular flexibility index (Phi) is 3.43. The second-order valence-electron chi connectivity index (χ2n) is 4.95. The quantitative estimate of drug-likeness (QED) is 0.728. The first-order valence-electron chi connectivity index (χ1n) is 6.53. The van der Waals surface area contributed by atoms with Crippen molar-refractivity contribution in [2.24, 2.45) is 0 Å². The second kappa shape index (κ2) is 5.26. The van der Waals surface area contributed by atoms with Gasteiger partial charge in [0.2, 0.25) is 11.2 Å². The molecule has 1 aromatic carbocycles. The highest BCUT2D eigenvalue weighted by Gasteiger charge is 2.12. The van der Waals surface area contributed by atoms with Crippen molar-refractivity contribution in [3.05, 3.63) is 52.8 Å². The average molecular weight is 300 g/mol. The summed E-state index contributed by atoms with van der Waals surface area (Å²) in [6, 6.07) is 4.20. The number of aromatic nitrogens is 5. The molecular weight excluding hydrogens is 286 g/mol. The number of hydrogen-bond acceptors (Lipinski definition) is 4. The fraction of sp³-hybridized carbons (Fsp3) is 0.200. The number of aryl methyl sites for hydroxylation is 3. The highest BCUT2D eigenvalue weighted by molar-refractivity contribution is 6.28. The van der Waals surface area contributed by atoms with Gasteiger partial charge in [-0.25, -0.2) is 4.98 Å². The third kappa shape index (κ3) is 2.64. The molecule has 0 aliphatic carbocycles. The summed E-state index contributed by atoms with van der Waals surface area (Å²) in [4.78, 5) is 16.9. The molecule has 0 saturated heterocycles. The lowest BCUT2D eigenvalue weighted by Gasteiger charge is -2.10. The topological polar surface area (TPSA) is 56.5 Å². The average Bonchev–Trinajstić information content (AvgIpc) is 2.96. The van der Waals surface area contributed by atoms with E-state index in [2.05, 4.69) is 45.9 Å². The SMILES string of the molecule is Cc1cc(C)c(-c2nc(Cl)nc(-n3ccnc3)n2)cc1C. The summed E-state index contributed by atoms with van der Waals surface area (Å²) >= 11 is 6.04. The Hall–Kier alpha value is -2.27. The van der Waals surface area contributed by atoms with E-state index in [-0.39, 0.29) is 5.28 Å². The van der Waals surface area contributed by atoms with E-state index >= 15 is 0 Å². The largest absolute Gasteiger partial charge is 0.274 e. The number of hydrogen-bond donors (Lipinski definition) is 0. The van der Waals surface area contributed by atoms with Gasteiger partial charge in [0, 0.05) is 18.0 Å². The van der Waals surface area contributed by atoms with Gasteiger partial charge in [0.15, 0.2) is 5.82 Å². The maximum Gasteiger partial charge on any atom is 0.239 e. The fourth-order valence-electron chi connectivity index (χ4n) is 2.15. The first-order chi connectivity index (χ1) is 10.0.